The van der Waals surface area contributed by atoms with Gasteiger partial charge in [0.1, 0.15) is 6.17 Å². The Bertz CT molecular complexity index is 179. The van der Waals surface area contributed by atoms with E-state index in [2.05, 4.69) is 36.8 Å². The van der Waals surface area contributed by atoms with Crippen LogP contribution in [0.15, 0.2) is 11.9 Å². The van der Waals surface area contributed by atoms with Crippen molar-refractivity contribution in [2.75, 3.05) is 19.7 Å². The van der Waals surface area contributed by atoms with Crippen molar-refractivity contribution in [3.63, 3.8) is 0 Å². The summed E-state index contributed by atoms with van der Waals surface area (Å²) in [5, 5.41) is 9.17. The van der Waals surface area contributed by atoms with E-state index in [1.165, 1.54) is 5.70 Å². The molecule has 0 amide bonds. The summed E-state index contributed by atoms with van der Waals surface area (Å²) >= 11 is 0. The highest BCUT2D eigenvalue weighted by Crippen LogP contribution is 2.20. The fraction of sp³-hybridized carbons (Fsp3) is 0.778. The minimum Gasteiger partial charge on any atom is -0.392 e. The minimum atomic E-state index is 0.167. The maximum Gasteiger partial charge on any atom is 0.125 e. The molecular weight excluding hydrogens is 152 g/mol. The Hall–Kier alpha value is -0.700. The monoisotopic (exact) mass is 170 g/mol. The molecule has 0 aliphatic carbocycles. The van der Waals surface area contributed by atoms with Crippen LogP contribution in [-0.4, -0.2) is 40.8 Å². The predicted octanol–water partition coefficient (Wildman–Crippen LogP) is 0.824. The smallest absolute Gasteiger partial charge is 0.125 e. The van der Waals surface area contributed by atoms with E-state index in [-0.39, 0.29) is 12.8 Å². The van der Waals surface area contributed by atoms with Gasteiger partial charge in [-0.2, -0.15) is 0 Å². The fourth-order valence-corrected chi connectivity index (χ4v) is 1.78. The molecule has 1 heterocycles. The van der Waals surface area contributed by atoms with Crippen LogP contribution in [0.3, 0.4) is 0 Å². The minimum absolute atomic E-state index is 0.167. The van der Waals surface area contributed by atoms with Crippen molar-refractivity contribution in [3.05, 3.63) is 11.9 Å². The van der Waals surface area contributed by atoms with Crippen LogP contribution in [0.25, 0.3) is 0 Å². The second-order valence-corrected chi connectivity index (χ2v) is 3.05. The Balaban J connectivity index is 2.70. The van der Waals surface area contributed by atoms with Gasteiger partial charge in [-0.3, -0.25) is 0 Å². The number of hydrogen-bond donors (Lipinski definition) is 1. The van der Waals surface area contributed by atoms with Gasteiger partial charge in [-0.15, -0.1) is 0 Å². The van der Waals surface area contributed by atoms with Gasteiger partial charge in [0.25, 0.3) is 0 Å². The topological polar surface area (TPSA) is 26.7 Å². The third kappa shape index (κ3) is 1.41. The Morgan fingerprint density at radius 3 is 2.50 bits per heavy atom. The molecule has 1 aliphatic heterocycles. The normalized spacial score (nSPS) is 23.3. The quantitative estimate of drug-likeness (QED) is 0.679. The summed E-state index contributed by atoms with van der Waals surface area (Å²) in [6, 6.07) is 0. The van der Waals surface area contributed by atoms with Crippen molar-refractivity contribution < 1.29 is 5.11 Å². The first kappa shape index (κ1) is 9.39. The largest absolute Gasteiger partial charge is 0.392 e. The molecule has 0 saturated carbocycles. The third-order valence-electron chi connectivity index (χ3n) is 2.42. The van der Waals surface area contributed by atoms with Gasteiger partial charge >= 0.3 is 0 Å². The van der Waals surface area contributed by atoms with Crippen LogP contribution in [0.5, 0.6) is 0 Å². The first-order valence-corrected chi connectivity index (χ1v) is 4.56. The van der Waals surface area contributed by atoms with Crippen LogP contribution in [0.4, 0.5) is 0 Å². The maximum atomic E-state index is 9.17. The van der Waals surface area contributed by atoms with Crippen molar-refractivity contribution in [3.8, 4) is 0 Å². The highest BCUT2D eigenvalue weighted by Gasteiger charge is 2.26. The van der Waals surface area contributed by atoms with E-state index >= 15 is 0 Å². The number of rotatable bonds is 3. The summed E-state index contributed by atoms with van der Waals surface area (Å²) in [6.07, 6.45) is 2.28. The average molecular weight is 170 g/mol. The van der Waals surface area contributed by atoms with Crippen LogP contribution in [0, 0.1) is 0 Å². The molecule has 0 fully saturated rings. The summed E-state index contributed by atoms with van der Waals surface area (Å²) in [4.78, 5) is 4.38. The molecule has 3 heteroatoms. The highest BCUT2D eigenvalue weighted by molar-refractivity contribution is 5.06. The van der Waals surface area contributed by atoms with E-state index in [1.807, 2.05) is 0 Å². The van der Waals surface area contributed by atoms with Crippen LogP contribution >= 0.6 is 0 Å². The molecule has 0 radical (unpaired) electrons. The van der Waals surface area contributed by atoms with Crippen LogP contribution in [0.1, 0.15) is 20.8 Å². The third-order valence-corrected chi connectivity index (χ3v) is 2.42. The second kappa shape index (κ2) is 3.81. The van der Waals surface area contributed by atoms with Crippen molar-refractivity contribution in [2.45, 2.75) is 26.9 Å². The standard InChI is InChI=1S/C9H18N2O/c1-4-10-6-8(3)11(5-2)9(10)7-12/h6,9,12H,4-5,7H2,1-3H3. The van der Waals surface area contributed by atoms with Crippen molar-refractivity contribution in [2.24, 2.45) is 0 Å². The van der Waals surface area contributed by atoms with E-state index in [9.17, 15) is 5.11 Å². The summed E-state index contributed by atoms with van der Waals surface area (Å²) < 4.78 is 0. The van der Waals surface area contributed by atoms with Crippen LogP contribution in [0.2, 0.25) is 0 Å². The van der Waals surface area contributed by atoms with Crippen molar-refractivity contribution in [1.29, 1.82) is 0 Å². The Labute approximate surface area is 74.3 Å². The lowest BCUT2D eigenvalue weighted by Gasteiger charge is -2.30. The van der Waals surface area contributed by atoms with Crippen molar-refractivity contribution >= 4 is 0 Å². The van der Waals surface area contributed by atoms with E-state index in [0.717, 1.165) is 13.1 Å². The van der Waals surface area contributed by atoms with Crippen LogP contribution < -0.4 is 0 Å². The summed E-state index contributed by atoms with van der Waals surface area (Å²) in [5.74, 6) is 0. The SMILES string of the molecule is CCN1C=C(C)N(CC)C1CO. The number of likely N-dealkylation sites (N-methyl/N-ethyl adjacent to an activating group) is 2. The van der Waals surface area contributed by atoms with E-state index in [1.54, 1.807) is 0 Å². The molecule has 0 aromatic heterocycles. The lowest BCUT2D eigenvalue weighted by Crippen LogP contribution is -2.42. The average Bonchev–Trinajstić information content (AvgIpc) is 2.40. The molecule has 0 saturated heterocycles. The zero-order valence-corrected chi connectivity index (χ0v) is 8.12. The summed E-state index contributed by atoms with van der Waals surface area (Å²) in [7, 11) is 0. The van der Waals surface area contributed by atoms with Gasteiger partial charge in [-0.25, -0.2) is 0 Å². The van der Waals surface area contributed by atoms with Gasteiger partial charge in [0, 0.05) is 25.0 Å². The summed E-state index contributed by atoms with van der Waals surface area (Å²) in [5.41, 5.74) is 1.25. The number of allylic oxidation sites excluding steroid dienone is 1. The van der Waals surface area contributed by atoms with Gasteiger partial charge in [0.05, 0.1) is 6.61 Å². The molecule has 1 atom stereocenters. The highest BCUT2D eigenvalue weighted by atomic mass is 16.3. The number of nitrogens with zero attached hydrogens (tertiary/aromatic N) is 2. The van der Waals surface area contributed by atoms with Gasteiger partial charge < -0.3 is 14.9 Å². The number of hydrogen-bond acceptors (Lipinski definition) is 3. The molecule has 0 bridgehead atoms. The lowest BCUT2D eigenvalue weighted by molar-refractivity contribution is 0.0836. The molecule has 70 valence electrons. The first-order valence-electron chi connectivity index (χ1n) is 4.56. The van der Waals surface area contributed by atoms with E-state index in [0.29, 0.717) is 0 Å². The van der Waals surface area contributed by atoms with Gasteiger partial charge in [0.15, 0.2) is 0 Å². The van der Waals surface area contributed by atoms with E-state index < -0.39 is 0 Å². The summed E-state index contributed by atoms with van der Waals surface area (Å²) in [6.45, 7) is 8.42. The zero-order chi connectivity index (χ0) is 9.14. The van der Waals surface area contributed by atoms with Crippen molar-refractivity contribution in [1.82, 2.24) is 9.80 Å². The molecule has 3 nitrogen and oxygen atoms in total. The molecule has 1 rings (SSSR count). The van der Waals surface area contributed by atoms with E-state index in [4.69, 9.17) is 0 Å². The second-order valence-electron chi connectivity index (χ2n) is 3.05. The lowest BCUT2D eigenvalue weighted by atomic mass is 10.4. The fourth-order valence-electron chi connectivity index (χ4n) is 1.78. The number of aliphatic hydroxyl groups is 1. The molecule has 0 spiro atoms. The molecule has 1 N–H and O–H groups in total. The predicted molar refractivity (Wildman–Crippen MR) is 49.4 cm³/mol. The molecule has 1 aliphatic rings. The molecule has 1 unspecified atom stereocenters. The number of aliphatic hydroxyl groups excluding tert-OH is 1. The zero-order valence-electron chi connectivity index (χ0n) is 8.12. The first-order chi connectivity index (χ1) is 5.74. The Kier molecular flexibility index (Phi) is 2.98. The Morgan fingerprint density at radius 2 is 2.08 bits per heavy atom. The molecular formula is C9H18N2O. The molecule has 12 heavy (non-hydrogen) atoms. The van der Waals surface area contributed by atoms with Gasteiger partial charge in [-0.1, -0.05) is 0 Å². The molecule has 0 aromatic rings. The molecule has 0 aromatic carbocycles. The van der Waals surface area contributed by atoms with Gasteiger partial charge in [-0.05, 0) is 20.8 Å². The van der Waals surface area contributed by atoms with Gasteiger partial charge in [0.2, 0.25) is 0 Å². The van der Waals surface area contributed by atoms with Crippen LogP contribution in [-0.2, 0) is 0 Å². The Morgan fingerprint density at radius 1 is 1.42 bits per heavy atom. The maximum absolute atomic E-state index is 9.17.